The first kappa shape index (κ1) is 14.1. The minimum atomic E-state index is 0.422. The molecule has 0 saturated heterocycles. The van der Waals surface area contributed by atoms with E-state index in [2.05, 4.69) is 20.2 Å². The number of benzene rings is 1. The average molecular weight is 319 g/mol. The van der Waals surface area contributed by atoms with Gasteiger partial charge in [0.25, 0.3) is 0 Å². The Balaban J connectivity index is 1.60. The lowest BCUT2D eigenvalue weighted by atomic mass is 10.2. The molecule has 1 aromatic carbocycles. The molecule has 0 N–H and O–H groups in total. The molecule has 0 saturated carbocycles. The van der Waals surface area contributed by atoms with E-state index in [4.69, 9.17) is 9.15 Å². The van der Waals surface area contributed by atoms with Gasteiger partial charge in [0.05, 0.1) is 12.7 Å². The number of hydrogen-bond acceptors (Lipinski definition) is 6. The Bertz CT molecular complexity index is 928. The summed E-state index contributed by atoms with van der Waals surface area (Å²) in [6.45, 7) is 0. The Morgan fingerprint density at radius 1 is 0.958 bits per heavy atom. The number of aromatic nitrogens is 5. The monoisotopic (exact) mass is 319 g/mol. The highest BCUT2D eigenvalue weighted by molar-refractivity contribution is 5.58. The summed E-state index contributed by atoms with van der Waals surface area (Å²) in [5.41, 5.74) is 1.59. The maximum atomic E-state index is 5.74. The average Bonchev–Trinajstić information content (AvgIpc) is 3.34. The molecule has 24 heavy (non-hydrogen) atoms. The van der Waals surface area contributed by atoms with E-state index in [1.54, 1.807) is 25.8 Å². The molecule has 118 valence electrons. The van der Waals surface area contributed by atoms with Crippen molar-refractivity contribution in [2.75, 3.05) is 7.11 Å². The molecule has 4 aromatic rings. The second-order valence-electron chi connectivity index (χ2n) is 5.02. The molecule has 0 aliphatic carbocycles. The summed E-state index contributed by atoms with van der Waals surface area (Å²) in [4.78, 5) is 8.38. The number of ether oxygens (including phenoxy) is 1. The predicted molar refractivity (Wildman–Crippen MR) is 86.6 cm³/mol. The molecule has 0 spiro atoms. The van der Waals surface area contributed by atoms with Gasteiger partial charge in [-0.25, -0.2) is 9.97 Å². The molecule has 4 rings (SSSR count). The van der Waals surface area contributed by atoms with Gasteiger partial charge in [0.2, 0.25) is 11.8 Å². The summed E-state index contributed by atoms with van der Waals surface area (Å²) in [7, 11) is 1.63. The van der Waals surface area contributed by atoms with Crippen LogP contribution in [0.5, 0.6) is 5.75 Å². The van der Waals surface area contributed by atoms with E-state index in [1.165, 1.54) is 0 Å². The van der Waals surface area contributed by atoms with Crippen molar-refractivity contribution in [3.8, 4) is 34.5 Å². The molecule has 0 radical (unpaired) electrons. The lowest BCUT2D eigenvalue weighted by molar-refractivity contribution is 0.415. The van der Waals surface area contributed by atoms with Crippen LogP contribution in [-0.2, 0) is 0 Å². The van der Waals surface area contributed by atoms with Crippen molar-refractivity contribution in [2.24, 2.45) is 0 Å². The van der Waals surface area contributed by atoms with Crippen LogP contribution in [0.15, 0.2) is 65.7 Å². The number of hydrogen-bond donors (Lipinski definition) is 0. The SMILES string of the molecule is COc1ccc(-c2nnc(-c3ccc(-n4ccnc4)nc3)o2)cc1. The molecule has 0 amide bonds. The van der Waals surface area contributed by atoms with Crippen LogP contribution in [0.2, 0.25) is 0 Å². The van der Waals surface area contributed by atoms with Gasteiger partial charge in [0.1, 0.15) is 17.9 Å². The van der Waals surface area contributed by atoms with Crippen molar-refractivity contribution < 1.29 is 9.15 Å². The van der Waals surface area contributed by atoms with Gasteiger partial charge in [-0.15, -0.1) is 10.2 Å². The number of nitrogens with zero attached hydrogens (tertiary/aromatic N) is 5. The highest BCUT2D eigenvalue weighted by Gasteiger charge is 2.11. The van der Waals surface area contributed by atoms with E-state index in [0.717, 1.165) is 22.7 Å². The van der Waals surface area contributed by atoms with Gasteiger partial charge < -0.3 is 9.15 Å². The van der Waals surface area contributed by atoms with Gasteiger partial charge in [-0.05, 0) is 36.4 Å². The minimum absolute atomic E-state index is 0.422. The van der Waals surface area contributed by atoms with E-state index in [-0.39, 0.29) is 0 Å². The quantitative estimate of drug-likeness (QED) is 0.575. The van der Waals surface area contributed by atoms with Crippen LogP contribution in [-0.4, -0.2) is 31.8 Å². The van der Waals surface area contributed by atoms with Crippen molar-refractivity contribution in [1.29, 1.82) is 0 Å². The molecule has 3 aromatic heterocycles. The zero-order chi connectivity index (χ0) is 16.4. The lowest BCUT2D eigenvalue weighted by Gasteiger charge is -2.01. The van der Waals surface area contributed by atoms with Crippen LogP contribution in [0, 0.1) is 0 Å². The predicted octanol–water partition coefficient (Wildman–Crippen LogP) is 2.99. The smallest absolute Gasteiger partial charge is 0.249 e. The number of rotatable bonds is 4. The third-order valence-corrected chi connectivity index (χ3v) is 3.53. The van der Waals surface area contributed by atoms with Crippen molar-refractivity contribution in [2.45, 2.75) is 0 Å². The topological polar surface area (TPSA) is 78.9 Å². The van der Waals surface area contributed by atoms with Gasteiger partial charge in [-0.2, -0.15) is 0 Å². The van der Waals surface area contributed by atoms with Crippen molar-refractivity contribution in [1.82, 2.24) is 24.7 Å². The first-order valence-electron chi connectivity index (χ1n) is 7.26. The fraction of sp³-hybridized carbons (Fsp3) is 0.0588. The molecule has 7 heteroatoms. The molecular formula is C17H13N5O2. The maximum Gasteiger partial charge on any atom is 0.249 e. The van der Waals surface area contributed by atoms with Crippen LogP contribution < -0.4 is 4.74 Å². The number of pyridine rings is 1. The zero-order valence-corrected chi connectivity index (χ0v) is 12.8. The number of methoxy groups -OCH3 is 1. The Morgan fingerprint density at radius 2 is 1.71 bits per heavy atom. The molecule has 0 fully saturated rings. The minimum Gasteiger partial charge on any atom is -0.497 e. The Labute approximate surface area is 137 Å². The van der Waals surface area contributed by atoms with Gasteiger partial charge >= 0.3 is 0 Å². The van der Waals surface area contributed by atoms with E-state index in [1.807, 2.05) is 47.2 Å². The fourth-order valence-electron chi connectivity index (χ4n) is 2.25. The first-order chi connectivity index (χ1) is 11.8. The fourth-order valence-corrected chi connectivity index (χ4v) is 2.25. The second-order valence-corrected chi connectivity index (χ2v) is 5.02. The molecule has 0 bridgehead atoms. The summed E-state index contributed by atoms with van der Waals surface area (Å²) < 4.78 is 12.7. The van der Waals surface area contributed by atoms with Crippen LogP contribution in [0.25, 0.3) is 28.7 Å². The third-order valence-electron chi connectivity index (χ3n) is 3.53. The molecule has 0 aliphatic rings. The molecular weight excluding hydrogens is 306 g/mol. The van der Waals surface area contributed by atoms with Crippen molar-refractivity contribution in [3.63, 3.8) is 0 Å². The van der Waals surface area contributed by atoms with Crippen LogP contribution in [0.4, 0.5) is 0 Å². The summed E-state index contributed by atoms with van der Waals surface area (Å²) in [5, 5.41) is 8.18. The highest BCUT2D eigenvalue weighted by atomic mass is 16.5. The summed E-state index contributed by atoms with van der Waals surface area (Å²) in [6, 6.07) is 11.2. The molecule has 3 heterocycles. The Hall–Kier alpha value is -3.48. The summed E-state index contributed by atoms with van der Waals surface area (Å²) >= 11 is 0. The van der Waals surface area contributed by atoms with Gasteiger partial charge in [0.15, 0.2) is 0 Å². The molecule has 0 atom stereocenters. The van der Waals surface area contributed by atoms with Crippen LogP contribution >= 0.6 is 0 Å². The molecule has 0 aliphatic heterocycles. The van der Waals surface area contributed by atoms with Gasteiger partial charge in [0, 0.05) is 24.2 Å². The van der Waals surface area contributed by atoms with Gasteiger partial charge in [-0.1, -0.05) is 0 Å². The largest absolute Gasteiger partial charge is 0.497 e. The summed E-state index contributed by atoms with van der Waals surface area (Å²) in [5.74, 6) is 2.42. The molecule has 0 unspecified atom stereocenters. The van der Waals surface area contributed by atoms with E-state index in [9.17, 15) is 0 Å². The Kier molecular flexibility index (Phi) is 3.51. The van der Waals surface area contributed by atoms with E-state index < -0.39 is 0 Å². The van der Waals surface area contributed by atoms with Crippen molar-refractivity contribution in [3.05, 3.63) is 61.3 Å². The third kappa shape index (κ3) is 2.63. The highest BCUT2D eigenvalue weighted by Crippen LogP contribution is 2.25. The second kappa shape index (κ2) is 5.96. The maximum absolute atomic E-state index is 5.74. The normalized spacial score (nSPS) is 10.7. The van der Waals surface area contributed by atoms with E-state index in [0.29, 0.717) is 11.8 Å². The lowest BCUT2D eigenvalue weighted by Crippen LogP contribution is -1.93. The van der Waals surface area contributed by atoms with Crippen LogP contribution in [0.1, 0.15) is 0 Å². The first-order valence-corrected chi connectivity index (χ1v) is 7.26. The summed E-state index contributed by atoms with van der Waals surface area (Å²) in [6.07, 6.45) is 6.92. The standard InChI is InChI=1S/C17H13N5O2/c1-23-14-5-2-12(3-6-14)16-20-21-17(24-16)13-4-7-15(19-10-13)22-9-8-18-11-22/h2-11H,1H3. The van der Waals surface area contributed by atoms with E-state index >= 15 is 0 Å². The van der Waals surface area contributed by atoms with Crippen molar-refractivity contribution >= 4 is 0 Å². The Morgan fingerprint density at radius 3 is 2.33 bits per heavy atom. The number of imidazole rings is 1. The van der Waals surface area contributed by atoms with Crippen LogP contribution in [0.3, 0.4) is 0 Å². The zero-order valence-electron chi connectivity index (χ0n) is 12.8. The van der Waals surface area contributed by atoms with Gasteiger partial charge in [-0.3, -0.25) is 4.57 Å². The molecule has 7 nitrogen and oxygen atoms in total.